The van der Waals surface area contributed by atoms with Crippen LogP contribution in [0.25, 0.3) is 0 Å². The molecule has 8 heteroatoms. The van der Waals surface area contributed by atoms with E-state index in [9.17, 15) is 9.90 Å². The van der Waals surface area contributed by atoms with Crippen LogP contribution in [0.15, 0.2) is 10.5 Å². The third-order valence-corrected chi connectivity index (χ3v) is 6.01. The second-order valence-corrected chi connectivity index (χ2v) is 7.87. The molecule has 2 aromatic rings. The van der Waals surface area contributed by atoms with Crippen LogP contribution in [0.3, 0.4) is 0 Å². The minimum absolute atomic E-state index is 0.310. The molecule has 1 saturated carbocycles. The Morgan fingerprint density at radius 2 is 2.25 bits per heavy atom. The summed E-state index contributed by atoms with van der Waals surface area (Å²) in [6.07, 6.45) is 1.28. The van der Waals surface area contributed by atoms with Crippen molar-refractivity contribution in [2.24, 2.45) is 0 Å². The Morgan fingerprint density at radius 1 is 1.54 bits per heavy atom. The highest BCUT2D eigenvalue weighted by Crippen LogP contribution is 2.44. The summed E-state index contributed by atoms with van der Waals surface area (Å²) in [4.78, 5) is 13.8. The summed E-state index contributed by atoms with van der Waals surface area (Å²) in [5, 5.41) is 14.3. The molecule has 0 aromatic carbocycles. The predicted molar refractivity (Wildman–Crippen MR) is 93.4 cm³/mol. The predicted octanol–water partition coefficient (Wildman–Crippen LogP) is 3.37. The van der Waals surface area contributed by atoms with Crippen LogP contribution < -0.4 is 0 Å². The first kappa shape index (κ1) is 17.6. The van der Waals surface area contributed by atoms with Crippen molar-refractivity contribution in [3.8, 4) is 0 Å². The van der Waals surface area contributed by atoms with Gasteiger partial charge in [0.25, 0.3) is 0 Å². The fraction of sp³-hybridized carbons (Fsp3) is 0.500. The molecule has 0 aliphatic heterocycles. The molecule has 0 radical (unpaired) electrons. The van der Waals surface area contributed by atoms with Crippen LogP contribution >= 0.6 is 27.3 Å². The lowest BCUT2D eigenvalue weighted by molar-refractivity contribution is -0.0743. The van der Waals surface area contributed by atoms with E-state index in [0.717, 1.165) is 38.3 Å². The van der Waals surface area contributed by atoms with Crippen LogP contribution in [0.5, 0.6) is 0 Å². The van der Waals surface area contributed by atoms with E-state index in [2.05, 4.69) is 21.0 Å². The fourth-order valence-corrected chi connectivity index (χ4v) is 4.42. The van der Waals surface area contributed by atoms with Gasteiger partial charge in [0.15, 0.2) is 12.0 Å². The van der Waals surface area contributed by atoms with Gasteiger partial charge in [0.2, 0.25) is 0 Å². The van der Waals surface area contributed by atoms with E-state index >= 15 is 0 Å². The average molecular weight is 415 g/mol. The van der Waals surface area contributed by atoms with Crippen LogP contribution in [0, 0.1) is 6.92 Å². The summed E-state index contributed by atoms with van der Waals surface area (Å²) in [6.45, 7) is 2.54. The van der Waals surface area contributed by atoms with E-state index in [1.807, 2.05) is 17.7 Å². The molecule has 24 heavy (non-hydrogen) atoms. The molecule has 3 rings (SSSR count). The summed E-state index contributed by atoms with van der Waals surface area (Å²) >= 11 is 5.01. The highest BCUT2D eigenvalue weighted by molar-refractivity contribution is 9.10. The zero-order chi connectivity index (χ0) is 17.4. The molecular weight excluding hydrogens is 396 g/mol. The average Bonchev–Trinajstić information content (AvgIpc) is 3.27. The normalized spacial score (nSPS) is 15.5. The van der Waals surface area contributed by atoms with E-state index in [0.29, 0.717) is 18.2 Å². The molecule has 1 unspecified atom stereocenters. The van der Waals surface area contributed by atoms with Gasteiger partial charge >= 0.3 is 5.97 Å². The molecule has 0 saturated heterocycles. The monoisotopic (exact) mass is 414 g/mol. The van der Waals surface area contributed by atoms with E-state index in [1.165, 1.54) is 25.6 Å². The Labute approximate surface area is 152 Å². The summed E-state index contributed by atoms with van der Waals surface area (Å²) in [5.41, 5.74) is 2.40. The zero-order valence-electron chi connectivity index (χ0n) is 13.7. The van der Waals surface area contributed by atoms with Crippen LogP contribution in [0.1, 0.15) is 56.5 Å². The molecule has 1 aliphatic rings. The molecule has 0 spiro atoms. The third kappa shape index (κ3) is 3.28. The third-order valence-electron chi connectivity index (χ3n) is 4.10. The minimum Gasteiger partial charge on any atom is -0.464 e. The highest BCUT2D eigenvalue weighted by Gasteiger charge is 2.33. The van der Waals surface area contributed by atoms with Crippen molar-refractivity contribution in [2.45, 2.75) is 38.5 Å². The number of carbonyl (C=O) groups is 1. The maximum Gasteiger partial charge on any atom is 0.359 e. The highest BCUT2D eigenvalue weighted by atomic mass is 79.9. The number of aliphatic hydroxyl groups excluding tert-OH is 1. The standard InChI is InChI=1S/C16H19BrN2O4S/c1-8-10(6-11(24-8)15(20)22-2)7-19-14(9-4-5-9)12(17)13(18-19)16(21)23-3/h6,9,15,20H,4-5,7H2,1-3H3. The van der Waals surface area contributed by atoms with E-state index in [1.54, 1.807) is 0 Å². The fourth-order valence-electron chi connectivity index (χ4n) is 2.65. The SMILES string of the molecule is COC(=O)c1nn(Cc2cc(C(O)OC)sc2C)c(C2CC2)c1Br. The minimum atomic E-state index is -0.916. The van der Waals surface area contributed by atoms with Crippen molar-refractivity contribution < 1.29 is 19.4 Å². The van der Waals surface area contributed by atoms with Crippen molar-refractivity contribution in [2.75, 3.05) is 14.2 Å². The van der Waals surface area contributed by atoms with Gasteiger partial charge in [-0.1, -0.05) is 0 Å². The lowest BCUT2D eigenvalue weighted by Gasteiger charge is -2.07. The first-order valence-corrected chi connectivity index (χ1v) is 9.21. The molecule has 1 aliphatic carbocycles. The molecule has 6 nitrogen and oxygen atoms in total. The van der Waals surface area contributed by atoms with Gasteiger partial charge in [-0.25, -0.2) is 4.79 Å². The van der Waals surface area contributed by atoms with Gasteiger partial charge in [0.1, 0.15) is 0 Å². The van der Waals surface area contributed by atoms with Gasteiger partial charge in [-0.05, 0) is 47.3 Å². The van der Waals surface area contributed by atoms with E-state index < -0.39 is 12.3 Å². The number of esters is 1. The lowest BCUT2D eigenvalue weighted by atomic mass is 10.2. The van der Waals surface area contributed by atoms with Gasteiger partial charge in [0, 0.05) is 17.9 Å². The van der Waals surface area contributed by atoms with Crippen LogP contribution in [0.2, 0.25) is 0 Å². The van der Waals surface area contributed by atoms with Crippen molar-refractivity contribution in [3.05, 3.63) is 37.2 Å². The Hall–Kier alpha value is -1.22. The number of aliphatic hydroxyl groups is 1. The number of carbonyl (C=O) groups excluding carboxylic acids is 1. The van der Waals surface area contributed by atoms with Gasteiger partial charge in [0.05, 0.1) is 28.7 Å². The number of thiophene rings is 1. The van der Waals surface area contributed by atoms with Gasteiger partial charge in [-0.3, -0.25) is 4.68 Å². The van der Waals surface area contributed by atoms with Crippen molar-refractivity contribution in [1.29, 1.82) is 0 Å². The second-order valence-electron chi connectivity index (χ2n) is 5.79. The van der Waals surface area contributed by atoms with Gasteiger partial charge in [-0.15, -0.1) is 11.3 Å². The number of ether oxygens (including phenoxy) is 2. The van der Waals surface area contributed by atoms with Gasteiger partial charge in [-0.2, -0.15) is 5.10 Å². The Bertz CT molecular complexity index is 766. The molecule has 0 amide bonds. The summed E-state index contributed by atoms with van der Waals surface area (Å²) < 4.78 is 12.4. The second kappa shape index (κ2) is 6.95. The number of aryl methyl sites for hydroxylation is 1. The Kier molecular flexibility index (Phi) is 5.10. The molecule has 2 heterocycles. The lowest BCUT2D eigenvalue weighted by Crippen LogP contribution is -2.08. The maximum atomic E-state index is 11.9. The van der Waals surface area contributed by atoms with Gasteiger partial charge < -0.3 is 14.6 Å². The first-order valence-electron chi connectivity index (χ1n) is 7.60. The first-order chi connectivity index (χ1) is 11.5. The smallest absolute Gasteiger partial charge is 0.359 e. The molecular formula is C16H19BrN2O4S. The van der Waals surface area contributed by atoms with Crippen LogP contribution in [-0.4, -0.2) is 35.1 Å². The number of nitrogens with zero attached hydrogens (tertiary/aromatic N) is 2. The topological polar surface area (TPSA) is 73.6 Å². The van der Waals surface area contributed by atoms with E-state index in [4.69, 9.17) is 9.47 Å². The number of aromatic nitrogens is 2. The Balaban J connectivity index is 1.95. The van der Waals surface area contributed by atoms with Crippen LogP contribution in [-0.2, 0) is 16.0 Å². The van der Waals surface area contributed by atoms with Crippen molar-refractivity contribution in [3.63, 3.8) is 0 Å². The molecule has 0 bridgehead atoms. The summed E-state index contributed by atoms with van der Waals surface area (Å²) in [7, 11) is 2.82. The zero-order valence-corrected chi connectivity index (χ0v) is 16.1. The number of halogens is 1. The summed E-state index contributed by atoms with van der Waals surface area (Å²) in [6, 6.07) is 1.93. The molecule has 1 atom stereocenters. The largest absolute Gasteiger partial charge is 0.464 e. The number of methoxy groups -OCH3 is 2. The Morgan fingerprint density at radius 3 is 2.83 bits per heavy atom. The molecule has 2 aromatic heterocycles. The molecule has 1 N–H and O–H groups in total. The van der Waals surface area contributed by atoms with Crippen LogP contribution in [0.4, 0.5) is 0 Å². The number of hydrogen-bond acceptors (Lipinski definition) is 6. The quantitative estimate of drug-likeness (QED) is 0.579. The number of hydrogen-bond donors (Lipinski definition) is 1. The summed E-state index contributed by atoms with van der Waals surface area (Å²) in [5.74, 6) is -0.0201. The van der Waals surface area contributed by atoms with E-state index in [-0.39, 0.29) is 0 Å². The molecule has 1 fully saturated rings. The van der Waals surface area contributed by atoms with Crippen molar-refractivity contribution in [1.82, 2.24) is 9.78 Å². The maximum absolute atomic E-state index is 11.9. The molecule has 130 valence electrons. The number of rotatable bonds is 6. The van der Waals surface area contributed by atoms with Crippen molar-refractivity contribution >= 4 is 33.2 Å².